The van der Waals surface area contributed by atoms with Crippen LogP contribution in [0.2, 0.25) is 0 Å². The standard InChI is InChI=1S/C17H19N3S2/c1-12-13-5-3-4-6-15(13)22-16(12)14-11-21-17(18-14)20-9-7-19(2)8-10-20/h3-6,11H,7-10H2,1-2H3. The van der Waals surface area contributed by atoms with Crippen molar-refractivity contribution in [3.05, 3.63) is 35.2 Å². The van der Waals surface area contributed by atoms with Crippen LogP contribution in [0.15, 0.2) is 29.6 Å². The van der Waals surface area contributed by atoms with Gasteiger partial charge in [-0.05, 0) is 31.0 Å². The minimum absolute atomic E-state index is 1.08. The van der Waals surface area contributed by atoms with Crippen LogP contribution in [0, 0.1) is 6.92 Å². The number of piperazine rings is 1. The average molecular weight is 329 g/mol. The number of nitrogens with zero attached hydrogens (tertiary/aromatic N) is 3. The molecule has 1 saturated heterocycles. The van der Waals surface area contributed by atoms with Gasteiger partial charge in [0.05, 0.1) is 10.6 Å². The number of thiophene rings is 1. The molecule has 0 aliphatic carbocycles. The van der Waals surface area contributed by atoms with Crippen molar-refractivity contribution in [3.63, 3.8) is 0 Å². The Morgan fingerprint density at radius 2 is 1.86 bits per heavy atom. The Balaban J connectivity index is 1.67. The lowest BCUT2D eigenvalue weighted by atomic mass is 10.1. The van der Waals surface area contributed by atoms with Crippen LogP contribution in [-0.2, 0) is 0 Å². The highest BCUT2D eigenvalue weighted by Gasteiger charge is 2.19. The Hall–Kier alpha value is -1.43. The quantitative estimate of drug-likeness (QED) is 0.706. The van der Waals surface area contributed by atoms with Crippen molar-refractivity contribution in [2.75, 3.05) is 38.1 Å². The zero-order valence-electron chi connectivity index (χ0n) is 12.9. The van der Waals surface area contributed by atoms with Gasteiger partial charge in [-0.2, -0.15) is 0 Å². The third kappa shape index (κ3) is 2.43. The van der Waals surface area contributed by atoms with E-state index in [1.165, 1.54) is 25.7 Å². The summed E-state index contributed by atoms with van der Waals surface area (Å²) in [4.78, 5) is 11.0. The second kappa shape index (κ2) is 5.65. The van der Waals surface area contributed by atoms with Crippen LogP contribution in [0.25, 0.3) is 20.7 Å². The number of rotatable bonds is 2. The molecule has 1 aliphatic heterocycles. The largest absolute Gasteiger partial charge is 0.346 e. The van der Waals surface area contributed by atoms with Crippen molar-refractivity contribution in [3.8, 4) is 10.6 Å². The molecule has 0 saturated carbocycles. The zero-order valence-corrected chi connectivity index (χ0v) is 14.5. The van der Waals surface area contributed by atoms with Crippen molar-refractivity contribution in [2.24, 2.45) is 0 Å². The van der Waals surface area contributed by atoms with E-state index in [0.29, 0.717) is 0 Å². The Labute approximate surface area is 138 Å². The molecule has 0 spiro atoms. The van der Waals surface area contributed by atoms with Gasteiger partial charge >= 0.3 is 0 Å². The average Bonchev–Trinajstić information content (AvgIpc) is 3.14. The molecule has 0 atom stereocenters. The van der Waals surface area contributed by atoms with Gasteiger partial charge in [0, 0.05) is 36.3 Å². The summed E-state index contributed by atoms with van der Waals surface area (Å²) in [6.45, 7) is 6.61. The third-order valence-corrected chi connectivity index (χ3v) is 6.54. The van der Waals surface area contributed by atoms with Crippen LogP contribution in [0.4, 0.5) is 5.13 Å². The number of benzene rings is 1. The van der Waals surface area contributed by atoms with Crippen molar-refractivity contribution >= 4 is 37.9 Å². The van der Waals surface area contributed by atoms with E-state index < -0.39 is 0 Å². The molecule has 0 amide bonds. The molecular formula is C17H19N3S2. The summed E-state index contributed by atoms with van der Waals surface area (Å²) in [6, 6.07) is 8.63. The molecule has 0 radical (unpaired) electrons. The molecule has 114 valence electrons. The van der Waals surface area contributed by atoms with E-state index in [2.05, 4.69) is 53.4 Å². The van der Waals surface area contributed by atoms with Crippen molar-refractivity contribution in [2.45, 2.75) is 6.92 Å². The van der Waals surface area contributed by atoms with Crippen LogP contribution in [0.5, 0.6) is 0 Å². The maximum atomic E-state index is 4.92. The molecule has 3 heterocycles. The van der Waals surface area contributed by atoms with Gasteiger partial charge in [0.1, 0.15) is 0 Å². The van der Waals surface area contributed by atoms with Crippen molar-refractivity contribution < 1.29 is 0 Å². The van der Waals surface area contributed by atoms with Gasteiger partial charge < -0.3 is 9.80 Å². The predicted molar refractivity (Wildman–Crippen MR) is 97.4 cm³/mol. The summed E-state index contributed by atoms with van der Waals surface area (Å²) in [5.74, 6) is 0. The summed E-state index contributed by atoms with van der Waals surface area (Å²) < 4.78 is 1.35. The second-order valence-electron chi connectivity index (χ2n) is 5.86. The second-order valence-corrected chi connectivity index (χ2v) is 7.75. The molecule has 0 unspecified atom stereocenters. The number of hydrogen-bond acceptors (Lipinski definition) is 5. The van der Waals surface area contributed by atoms with E-state index in [9.17, 15) is 0 Å². The molecule has 4 rings (SSSR count). The topological polar surface area (TPSA) is 19.4 Å². The first-order valence-electron chi connectivity index (χ1n) is 7.60. The van der Waals surface area contributed by atoms with Gasteiger partial charge in [-0.3, -0.25) is 0 Å². The maximum Gasteiger partial charge on any atom is 0.185 e. The summed E-state index contributed by atoms with van der Waals surface area (Å²) in [5.41, 5.74) is 2.49. The number of likely N-dealkylation sites (N-methyl/N-ethyl adjacent to an activating group) is 1. The van der Waals surface area contributed by atoms with Gasteiger partial charge in [-0.1, -0.05) is 18.2 Å². The maximum absolute atomic E-state index is 4.92. The van der Waals surface area contributed by atoms with E-state index in [-0.39, 0.29) is 0 Å². The van der Waals surface area contributed by atoms with E-state index in [0.717, 1.165) is 31.9 Å². The highest BCUT2D eigenvalue weighted by Crippen LogP contribution is 2.39. The van der Waals surface area contributed by atoms with Gasteiger partial charge in [-0.15, -0.1) is 22.7 Å². The van der Waals surface area contributed by atoms with Crippen molar-refractivity contribution in [1.29, 1.82) is 0 Å². The predicted octanol–water partition coefficient (Wildman–Crippen LogP) is 4.09. The van der Waals surface area contributed by atoms with E-state index in [1.807, 2.05) is 11.3 Å². The highest BCUT2D eigenvalue weighted by molar-refractivity contribution is 7.23. The van der Waals surface area contributed by atoms with Gasteiger partial charge in [0.25, 0.3) is 0 Å². The zero-order chi connectivity index (χ0) is 15.1. The SMILES string of the molecule is Cc1c(-c2csc(N3CCN(C)CC3)n2)sc2ccccc12. The molecular weight excluding hydrogens is 310 g/mol. The lowest BCUT2D eigenvalue weighted by Gasteiger charge is -2.32. The van der Waals surface area contributed by atoms with Crippen molar-refractivity contribution in [1.82, 2.24) is 9.88 Å². The Kier molecular flexibility index (Phi) is 3.64. The first kappa shape index (κ1) is 14.2. The number of thiazole rings is 1. The van der Waals surface area contributed by atoms with Crippen LogP contribution >= 0.6 is 22.7 Å². The summed E-state index contributed by atoms with van der Waals surface area (Å²) in [7, 11) is 2.19. The van der Waals surface area contributed by atoms with E-state index in [1.54, 1.807) is 11.3 Å². The van der Waals surface area contributed by atoms with Crippen LogP contribution in [0.1, 0.15) is 5.56 Å². The fraction of sp³-hybridized carbons (Fsp3) is 0.353. The molecule has 2 aromatic heterocycles. The summed E-state index contributed by atoms with van der Waals surface area (Å²) in [6.07, 6.45) is 0. The number of aryl methyl sites for hydroxylation is 1. The van der Waals surface area contributed by atoms with Crippen LogP contribution in [-0.4, -0.2) is 43.1 Å². The highest BCUT2D eigenvalue weighted by atomic mass is 32.1. The molecule has 1 aromatic carbocycles. The summed E-state index contributed by atoms with van der Waals surface area (Å²) >= 11 is 3.63. The molecule has 3 aromatic rings. The van der Waals surface area contributed by atoms with E-state index in [4.69, 9.17) is 4.98 Å². The first-order chi connectivity index (χ1) is 10.7. The monoisotopic (exact) mass is 329 g/mol. The molecule has 0 N–H and O–H groups in total. The number of anilines is 1. The molecule has 0 bridgehead atoms. The van der Waals surface area contributed by atoms with Gasteiger partial charge in [-0.25, -0.2) is 4.98 Å². The smallest absolute Gasteiger partial charge is 0.185 e. The number of fused-ring (bicyclic) bond motifs is 1. The van der Waals surface area contributed by atoms with Crippen LogP contribution < -0.4 is 4.90 Å². The van der Waals surface area contributed by atoms with Gasteiger partial charge in [0.2, 0.25) is 0 Å². The summed E-state index contributed by atoms with van der Waals surface area (Å²) in [5, 5.41) is 4.74. The van der Waals surface area contributed by atoms with Gasteiger partial charge in [0.15, 0.2) is 5.13 Å². The first-order valence-corrected chi connectivity index (χ1v) is 9.29. The lowest BCUT2D eigenvalue weighted by Crippen LogP contribution is -2.44. The van der Waals surface area contributed by atoms with E-state index >= 15 is 0 Å². The molecule has 1 fully saturated rings. The normalized spacial score (nSPS) is 16.5. The lowest BCUT2D eigenvalue weighted by molar-refractivity contribution is 0.313. The minimum atomic E-state index is 1.08. The Morgan fingerprint density at radius 1 is 1.09 bits per heavy atom. The number of hydrogen-bond donors (Lipinski definition) is 0. The fourth-order valence-corrected chi connectivity index (χ4v) is 5.04. The molecule has 3 nitrogen and oxygen atoms in total. The number of aromatic nitrogens is 1. The molecule has 1 aliphatic rings. The van der Waals surface area contributed by atoms with Crippen LogP contribution in [0.3, 0.4) is 0 Å². The third-order valence-electron chi connectivity index (χ3n) is 4.34. The minimum Gasteiger partial charge on any atom is -0.346 e. The Morgan fingerprint density at radius 3 is 2.64 bits per heavy atom. The fourth-order valence-electron chi connectivity index (χ4n) is 2.93. The molecule has 5 heteroatoms. The molecule has 22 heavy (non-hydrogen) atoms. The Bertz CT molecular complexity index is 797.